The largest absolute Gasteiger partial charge is 0.310 e. The van der Waals surface area contributed by atoms with E-state index in [2.05, 4.69) is 205 Å². The van der Waals surface area contributed by atoms with Gasteiger partial charge < -0.3 is 4.90 Å². The molecular weight excluding hydrogens is 687 g/mol. The van der Waals surface area contributed by atoms with E-state index in [9.17, 15) is 0 Å². The summed E-state index contributed by atoms with van der Waals surface area (Å²) in [5, 5.41) is 0. The quantitative estimate of drug-likeness (QED) is 0.136. The third kappa shape index (κ3) is 5.91. The molecule has 3 aliphatic rings. The topological polar surface area (TPSA) is 3.24 Å². The highest BCUT2D eigenvalue weighted by Gasteiger charge is 2.51. The first kappa shape index (κ1) is 39.1. The summed E-state index contributed by atoms with van der Waals surface area (Å²) >= 11 is 0. The van der Waals surface area contributed by atoms with E-state index in [4.69, 9.17) is 0 Å². The molecule has 1 atom stereocenters. The summed E-state index contributed by atoms with van der Waals surface area (Å²) in [6.07, 6.45) is 19.2. The van der Waals surface area contributed by atoms with Crippen molar-refractivity contribution in [2.75, 3.05) is 4.90 Å². The number of rotatable bonds is 9. The molecular formula is C56H55N. The van der Waals surface area contributed by atoms with Crippen molar-refractivity contribution < 1.29 is 0 Å². The fraction of sp³-hybridized carbons (Fsp3) is 0.179. The van der Waals surface area contributed by atoms with Gasteiger partial charge in [0.05, 0.1) is 11.1 Å². The Morgan fingerprint density at radius 3 is 1.82 bits per heavy atom. The van der Waals surface area contributed by atoms with Crippen LogP contribution in [0, 0.1) is 0 Å². The Labute approximate surface area is 341 Å². The van der Waals surface area contributed by atoms with Crippen LogP contribution in [-0.2, 0) is 10.8 Å². The summed E-state index contributed by atoms with van der Waals surface area (Å²) in [4.78, 5) is 2.47. The summed E-state index contributed by atoms with van der Waals surface area (Å²) < 4.78 is 0. The SMILES string of the molecule is C=C/C=C\C(=C/C)c1ccccc1N(c1ccc2c(c1)C(C)(C)C(/C=C\C)=C2C=C)c1ccc2c(c1)C1(C(/C=C\C)=C(C)c3ccccc31)c1ccccc1-2.CC. The highest BCUT2D eigenvalue weighted by Crippen LogP contribution is 2.63. The van der Waals surface area contributed by atoms with Crippen LogP contribution in [-0.4, -0.2) is 0 Å². The Morgan fingerprint density at radius 1 is 0.614 bits per heavy atom. The van der Waals surface area contributed by atoms with Crippen molar-refractivity contribution in [3.63, 3.8) is 0 Å². The molecule has 0 amide bonds. The van der Waals surface area contributed by atoms with Crippen LogP contribution in [0.3, 0.4) is 0 Å². The van der Waals surface area contributed by atoms with Gasteiger partial charge in [0.1, 0.15) is 0 Å². The Hall–Kier alpha value is -6.18. The van der Waals surface area contributed by atoms with Crippen LogP contribution in [0.5, 0.6) is 0 Å². The van der Waals surface area contributed by atoms with Crippen LogP contribution in [0.2, 0.25) is 0 Å². The number of fused-ring (bicyclic) bond motifs is 8. The van der Waals surface area contributed by atoms with Gasteiger partial charge in [-0.3, -0.25) is 0 Å². The van der Waals surface area contributed by atoms with Gasteiger partial charge in [-0.25, -0.2) is 0 Å². The molecule has 0 N–H and O–H groups in total. The van der Waals surface area contributed by atoms with E-state index in [1.165, 1.54) is 66.8 Å². The van der Waals surface area contributed by atoms with Crippen molar-refractivity contribution in [1.29, 1.82) is 0 Å². The van der Waals surface area contributed by atoms with Crippen LogP contribution in [0.1, 0.15) is 94.3 Å². The molecule has 5 aromatic carbocycles. The van der Waals surface area contributed by atoms with Gasteiger partial charge in [-0.05, 0) is 130 Å². The standard InChI is InChI=1S/C54H49N.C2H6/c1-9-14-23-37(12-4)42-25-17-20-29-52(42)55(38-30-32-44-40(13-5)47(22-11-3)53(7,8)50(44)34-38)39-31-33-45-43-26-16-19-28-49(43)54(51(45)35-39)46(21-10-2)36(6)41-24-15-18-27-48(41)54;1-2/h9-35H,1,5H2,2-4,6-8H3;1-2H3/b21-10-,22-11-,23-14-,37-12+;. The Morgan fingerprint density at radius 2 is 1.18 bits per heavy atom. The summed E-state index contributed by atoms with van der Waals surface area (Å²) in [6.45, 7) is 25.5. The first-order valence-corrected chi connectivity index (χ1v) is 20.5. The van der Waals surface area contributed by atoms with Crippen molar-refractivity contribution in [3.05, 3.63) is 227 Å². The monoisotopic (exact) mass is 741 g/mol. The van der Waals surface area contributed by atoms with Crippen LogP contribution in [0.25, 0.3) is 27.8 Å². The maximum atomic E-state index is 4.25. The van der Waals surface area contributed by atoms with Crippen molar-refractivity contribution in [3.8, 4) is 11.1 Å². The highest BCUT2D eigenvalue weighted by atomic mass is 15.1. The van der Waals surface area contributed by atoms with Crippen LogP contribution >= 0.6 is 0 Å². The molecule has 284 valence electrons. The lowest BCUT2D eigenvalue weighted by atomic mass is 9.69. The molecule has 5 aromatic rings. The fourth-order valence-electron chi connectivity index (χ4n) is 9.70. The molecule has 0 bridgehead atoms. The van der Waals surface area contributed by atoms with Gasteiger partial charge in [0.15, 0.2) is 0 Å². The van der Waals surface area contributed by atoms with Gasteiger partial charge in [-0.2, -0.15) is 0 Å². The second-order valence-corrected chi connectivity index (χ2v) is 15.2. The van der Waals surface area contributed by atoms with Gasteiger partial charge in [0, 0.05) is 22.4 Å². The highest BCUT2D eigenvalue weighted by molar-refractivity contribution is 5.98. The van der Waals surface area contributed by atoms with E-state index in [1.807, 2.05) is 32.1 Å². The van der Waals surface area contributed by atoms with E-state index in [0.29, 0.717) is 0 Å². The number of nitrogens with zero attached hydrogens (tertiary/aromatic N) is 1. The van der Waals surface area contributed by atoms with Gasteiger partial charge in [0.2, 0.25) is 0 Å². The second-order valence-electron chi connectivity index (χ2n) is 15.2. The summed E-state index contributed by atoms with van der Waals surface area (Å²) in [5.74, 6) is 0. The maximum Gasteiger partial charge on any atom is 0.0722 e. The van der Waals surface area contributed by atoms with Crippen LogP contribution < -0.4 is 4.90 Å². The number of hydrogen-bond acceptors (Lipinski definition) is 1. The molecule has 1 unspecified atom stereocenters. The third-order valence-electron chi connectivity index (χ3n) is 12.1. The predicted octanol–water partition coefficient (Wildman–Crippen LogP) is 15.8. The van der Waals surface area contributed by atoms with Crippen LogP contribution in [0.15, 0.2) is 188 Å². The molecule has 0 aromatic heterocycles. The number of benzene rings is 5. The van der Waals surface area contributed by atoms with Gasteiger partial charge in [0.25, 0.3) is 0 Å². The number of para-hydroxylation sites is 1. The average molecular weight is 742 g/mol. The van der Waals surface area contributed by atoms with Crippen molar-refractivity contribution in [1.82, 2.24) is 0 Å². The number of allylic oxidation sites excluding steroid dienone is 14. The maximum absolute atomic E-state index is 4.25. The molecule has 57 heavy (non-hydrogen) atoms. The zero-order valence-electron chi connectivity index (χ0n) is 34.9. The lowest BCUT2D eigenvalue weighted by molar-refractivity contribution is 0.654. The number of anilines is 3. The molecule has 0 fully saturated rings. The Balaban J connectivity index is 0.00000244. The minimum atomic E-state index is -0.439. The summed E-state index contributed by atoms with van der Waals surface area (Å²) in [5.41, 5.74) is 20.6. The van der Waals surface area contributed by atoms with E-state index in [1.54, 1.807) is 0 Å². The predicted molar refractivity (Wildman–Crippen MR) is 250 cm³/mol. The normalized spacial score (nSPS) is 17.6. The zero-order chi connectivity index (χ0) is 40.5. The van der Waals surface area contributed by atoms with E-state index in [-0.39, 0.29) is 5.41 Å². The minimum Gasteiger partial charge on any atom is -0.310 e. The Bertz CT molecular complexity index is 2590. The van der Waals surface area contributed by atoms with Crippen molar-refractivity contribution in [2.24, 2.45) is 0 Å². The first-order valence-electron chi connectivity index (χ1n) is 20.5. The van der Waals surface area contributed by atoms with E-state index < -0.39 is 5.41 Å². The first-order chi connectivity index (χ1) is 27.8. The van der Waals surface area contributed by atoms with Gasteiger partial charge in [-0.15, -0.1) is 0 Å². The summed E-state index contributed by atoms with van der Waals surface area (Å²) in [7, 11) is 0. The van der Waals surface area contributed by atoms with E-state index in [0.717, 1.165) is 28.2 Å². The van der Waals surface area contributed by atoms with E-state index >= 15 is 0 Å². The van der Waals surface area contributed by atoms with Crippen molar-refractivity contribution >= 4 is 33.8 Å². The fourth-order valence-corrected chi connectivity index (χ4v) is 9.70. The summed E-state index contributed by atoms with van der Waals surface area (Å²) in [6, 6.07) is 41.0. The Kier molecular flexibility index (Phi) is 10.8. The molecule has 3 aliphatic carbocycles. The average Bonchev–Trinajstić information content (AvgIpc) is 3.76. The number of hydrogen-bond donors (Lipinski definition) is 0. The smallest absolute Gasteiger partial charge is 0.0722 e. The van der Waals surface area contributed by atoms with Gasteiger partial charge >= 0.3 is 0 Å². The molecule has 8 rings (SSSR count). The van der Waals surface area contributed by atoms with Gasteiger partial charge in [-0.1, -0.05) is 174 Å². The molecule has 0 saturated carbocycles. The lowest BCUT2D eigenvalue weighted by Gasteiger charge is -2.34. The lowest BCUT2D eigenvalue weighted by Crippen LogP contribution is -2.27. The molecule has 1 heteroatoms. The molecule has 1 nitrogen and oxygen atoms in total. The minimum absolute atomic E-state index is 0.200. The molecule has 0 radical (unpaired) electrons. The molecule has 0 aliphatic heterocycles. The molecule has 1 spiro atoms. The van der Waals surface area contributed by atoms with Crippen LogP contribution in [0.4, 0.5) is 17.1 Å². The van der Waals surface area contributed by atoms with Crippen molar-refractivity contribution in [2.45, 2.75) is 66.2 Å². The molecule has 0 saturated heterocycles. The zero-order valence-corrected chi connectivity index (χ0v) is 34.9. The third-order valence-corrected chi connectivity index (χ3v) is 12.1. The second kappa shape index (κ2) is 15.8. The molecule has 0 heterocycles.